The largest absolute Gasteiger partial charge is 0.329 e. The highest BCUT2D eigenvalue weighted by Gasteiger charge is 2.20. The molecule has 0 fully saturated rings. The predicted molar refractivity (Wildman–Crippen MR) is 124 cm³/mol. The Hall–Kier alpha value is -3.60. The van der Waals surface area contributed by atoms with Gasteiger partial charge in [0, 0.05) is 22.5 Å². The second-order valence-corrected chi connectivity index (χ2v) is 9.28. The average molecular weight is 468 g/mol. The van der Waals surface area contributed by atoms with Crippen LogP contribution in [0.15, 0.2) is 65.6 Å². The van der Waals surface area contributed by atoms with E-state index in [1.54, 1.807) is 67.6 Å². The van der Waals surface area contributed by atoms with Crippen LogP contribution in [0.1, 0.15) is 15.9 Å². The first-order valence-corrected chi connectivity index (χ1v) is 11.6. The molecular weight excluding hydrogens is 450 g/mol. The monoisotopic (exact) mass is 467 g/mol. The van der Waals surface area contributed by atoms with E-state index >= 15 is 0 Å². The number of thiazole rings is 1. The lowest BCUT2D eigenvalue weighted by Gasteiger charge is -2.07. The fourth-order valence-corrected chi connectivity index (χ4v) is 5.51. The van der Waals surface area contributed by atoms with Crippen molar-refractivity contribution in [3.8, 4) is 10.6 Å². The normalized spacial score (nSPS) is 11.3. The first-order chi connectivity index (χ1) is 15.3. The van der Waals surface area contributed by atoms with Crippen molar-refractivity contribution in [2.75, 3.05) is 10.6 Å². The highest BCUT2D eigenvalue weighted by molar-refractivity contribution is 7.86. The first-order valence-electron chi connectivity index (χ1n) is 9.36. The number of nitrogens with one attached hydrogen (secondary N) is 2. The van der Waals surface area contributed by atoms with E-state index in [4.69, 9.17) is 0 Å². The molecule has 0 radical (unpaired) electrons. The number of aryl methyl sites for hydroxylation is 1. The van der Waals surface area contributed by atoms with E-state index in [1.165, 1.54) is 11.3 Å². The highest BCUT2D eigenvalue weighted by Crippen LogP contribution is 2.36. The summed E-state index contributed by atoms with van der Waals surface area (Å²) in [5.74, 6) is -0.302. The van der Waals surface area contributed by atoms with Crippen molar-refractivity contribution in [1.29, 1.82) is 0 Å². The lowest BCUT2D eigenvalue weighted by molar-refractivity contribution is -0.105. The molecule has 0 aliphatic carbocycles. The van der Waals surface area contributed by atoms with Crippen molar-refractivity contribution in [3.05, 3.63) is 71.8 Å². The summed E-state index contributed by atoms with van der Waals surface area (Å²) in [7, 11) is -4.38. The van der Waals surface area contributed by atoms with Gasteiger partial charge in [0.15, 0.2) is 0 Å². The molecule has 0 atom stereocenters. The van der Waals surface area contributed by atoms with Crippen molar-refractivity contribution < 1.29 is 22.6 Å². The van der Waals surface area contributed by atoms with Gasteiger partial charge in [-0.2, -0.15) is 8.42 Å². The van der Waals surface area contributed by atoms with Crippen molar-refractivity contribution >= 4 is 55.4 Å². The van der Waals surface area contributed by atoms with Gasteiger partial charge in [0.25, 0.3) is 16.0 Å². The smallest absolute Gasteiger partial charge is 0.296 e. The van der Waals surface area contributed by atoms with Crippen LogP contribution in [0, 0.1) is 6.92 Å². The standard InChI is InChI=1S/C22H17N3O5S2/c1-13-2-11-18-19(20(13)32(28,29)30)31-22(25-18)15-5-9-17(10-6-15)24-21(27)14-3-7-16(8-4-14)23-12-26/h2-12H,1H3,(H,23,26)(H,24,27)(H,28,29,30). The first kappa shape index (κ1) is 21.6. The Balaban J connectivity index is 1.57. The van der Waals surface area contributed by atoms with Gasteiger partial charge in [-0.1, -0.05) is 6.07 Å². The molecule has 162 valence electrons. The number of carbonyl (C=O) groups is 2. The molecule has 0 saturated heterocycles. The average Bonchev–Trinajstić information content (AvgIpc) is 3.18. The molecule has 10 heteroatoms. The maximum Gasteiger partial charge on any atom is 0.296 e. The Kier molecular flexibility index (Phi) is 5.74. The molecule has 1 heterocycles. The lowest BCUT2D eigenvalue weighted by Crippen LogP contribution is -2.11. The van der Waals surface area contributed by atoms with Gasteiger partial charge >= 0.3 is 0 Å². The summed E-state index contributed by atoms with van der Waals surface area (Å²) in [6.07, 6.45) is 0.562. The van der Waals surface area contributed by atoms with Crippen LogP contribution >= 0.6 is 11.3 Å². The number of aromatic nitrogens is 1. The van der Waals surface area contributed by atoms with Gasteiger partial charge in [-0.25, -0.2) is 4.98 Å². The Bertz CT molecular complexity index is 1430. The van der Waals surface area contributed by atoms with Crippen LogP contribution in [0.5, 0.6) is 0 Å². The van der Waals surface area contributed by atoms with Gasteiger partial charge in [0.05, 0.1) is 10.2 Å². The third-order valence-electron chi connectivity index (χ3n) is 4.73. The van der Waals surface area contributed by atoms with Crippen molar-refractivity contribution in [2.45, 2.75) is 11.8 Å². The summed E-state index contributed by atoms with van der Waals surface area (Å²) >= 11 is 1.17. The van der Waals surface area contributed by atoms with E-state index in [1.807, 2.05) is 0 Å². The van der Waals surface area contributed by atoms with E-state index in [9.17, 15) is 22.6 Å². The third kappa shape index (κ3) is 4.37. The van der Waals surface area contributed by atoms with Crippen molar-refractivity contribution in [3.63, 3.8) is 0 Å². The fraction of sp³-hybridized carbons (Fsp3) is 0.0455. The Morgan fingerprint density at radius 1 is 1.00 bits per heavy atom. The third-order valence-corrected chi connectivity index (χ3v) is 7.04. The van der Waals surface area contributed by atoms with Gasteiger partial charge in [-0.05, 0) is 67.1 Å². The molecule has 0 aliphatic heterocycles. The van der Waals surface area contributed by atoms with Gasteiger partial charge in [-0.3, -0.25) is 14.1 Å². The van der Waals surface area contributed by atoms with Crippen LogP contribution in [0.25, 0.3) is 20.8 Å². The van der Waals surface area contributed by atoms with Crippen LogP contribution in [0.3, 0.4) is 0 Å². The molecule has 1 aromatic heterocycles. The van der Waals surface area contributed by atoms with E-state index < -0.39 is 10.1 Å². The number of carbonyl (C=O) groups excluding carboxylic acids is 2. The van der Waals surface area contributed by atoms with Gasteiger partial charge in [-0.15, -0.1) is 11.3 Å². The number of amides is 2. The van der Waals surface area contributed by atoms with Crippen LogP contribution < -0.4 is 10.6 Å². The summed E-state index contributed by atoms with van der Waals surface area (Å²) in [4.78, 5) is 27.2. The summed E-state index contributed by atoms with van der Waals surface area (Å²) in [5.41, 5.74) is 3.27. The number of nitrogens with zero attached hydrogens (tertiary/aromatic N) is 1. The van der Waals surface area contributed by atoms with Crippen LogP contribution in [0.2, 0.25) is 0 Å². The minimum atomic E-state index is -4.38. The number of rotatable bonds is 6. The summed E-state index contributed by atoms with van der Waals surface area (Å²) in [5, 5.41) is 5.89. The lowest BCUT2D eigenvalue weighted by atomic mass is 10.1. The molecule has 0 saturated carbocycles. The van der Waals surface area contributed by atoms with E-state index in [2.05, 4.69) is 15.6 Å². The van der Waals surface area contributed by atoms with Crippen LogP contribution in [-0.4, -0.2) is 30.3 Å². The maximum absolute atomic E-state index is 12.4. The Morgan fingerprint density at radius 3 is 2.28 bits per heavy atom. The number of hydrogen-bond acceptors (Lipinski definition) is 6. The van der Waals surface area contributed by atoms with E-state index in [0.29, 0.717) is 44.1 Å². The summed E-state index contributed by atoms with van der Waals surface area (Å²) in [6, 6.07) is 16.8. The molecule has 8 nitrogen and oxygen atoms in total. The SMILES string of the molecule is Cc1ccc2nc(-c3ccc(NC(=O)c4ccc(NC=O)cc4)cc3)sc2c1S(=O)(=O)O. The molecule has 3 aromatic carbocycles. The highest BCUT2D eigenvalue weighted by atomic mass is 32.2. The molecule has 0 unspecified atom stereocenters. The molecule has 32 heavy (non-hydrogen) atoms. The number of fused-ring (bicyclic) bond motifs is 1. The molecular formula is C22H17N3O5S2. The number of hydrogen-bond donors (Lipinski definition) is 3. The minimum absolute atomic E-state index is 0.128. The van der Waals surface area contributed by atoms with E-state index in [0.717, 1.165) is 5.56 Å². The minimum Gasteiger partial charge on any atom is -0.329 e. The fourth-order valence-electron chi connectivity index (χ4n) is 3.20. The number of anilines is 2. The van der Waals surface area contributed by atoms with Gasteiger partial charge in [0.2, 0.25) is 6.41 Å². The topological polar surface area (TPSA) is 125 Å². The summed E-state index contributed by atoms with van der Waals surface area (Å²) < 4.78 is 33.6. The Morgan fingerprint density at radius 2 is 1.66 bits per heavy atom. The maximum atomic E-state index is 12.4. The molecule has 0 aliphatic rings. The Labute approximate surface area is 187 Å². The molecule has 0 bridgehead atoms. The van der Waals surface area contributed by atoms with Gasteiger partial charge < -0.3 is 10.6 Å². The molecule has 0 spiro atoms. The van der Waals surface area contributed by atoms with Crippen molar-refractivity contribution in [2.24, 2.45) is 0 Å². The molecule has 4 aromatic rings. The second-order valence-electron chi connectivity index (χ2n) is 6.92. The zero-order valence-electron chi connectivity index (χ0n) is 16.7. The second kappa shape index (κ2) is 8.50. The summed E-state index contributed by atoms with van der Waals surface area (Å²) in [6.45, 7) is 1.62. The van der Waals surface area contributed by atoms with Gasteiger partial charge in [0.1, 0.15) is 9.90 Å². The molecule has 4 rings (SSSR count). The number of benzene rings is 3. The zero-order chi connectivity index (χ0) is 22.9. The van der Waals surface area contributed by atoms with Crippen molar-refractivity contribution in [1.82, 2.24) is 4.98 Å². The predicted octanol–water partition coefficient (Wildman–Crippen LogP) is 4.34. The molecule has 2 amide bonds. The molecule has 3 N–H and O–H groups in total. The zero-order valence-corrected chi connectivity index (χ0v) is 18.3. The quantitative estimate of drug-likeness (QED) is 0.286. The van der Waals surface area contributed by atoms with E-state index in [-0.39, 0.29) is 10.8 Å². The van der Waals surface area contributed by atoms with Crippen LogP contribution in [0.4, 0.5) is 11.4 Å². The van der Waals surface area contributed by atoms with Crippen LogP contribution in [-0.2, 0) is 14.9 Å².